The summed E-state index contributed by atoms with van der Waals surface area (Å²) in [7, 11) is 0. The minimum Gasteiger partial charge on any atom is -0.225 e. The van der Waals surface area contributed by atoms with Crippen molar-refractivity contribution in [3.8, 4) is 11.4 Å². The monoisotopic (exact) mass is 307 g/mol. The first-order valence-corrected chi connectivity index (χ1v) is 7.87. The van der Waals surface area contributed by atoms with Gasteiger partial charge in [-0.15, -0.1) is 0 Å². The Labute approximate surface area is 138 Å². The number of rotatable bonds is 1. The molecule has 112 valence electrons. The van der Waals surface area contributed by atoms with E-state index in [1.54, 1.807) is 12.7 Å². The van der Waals surface area contributed by atoms with Gasteiger partial charge in [0, 0.05) is 5.56 Å². The minimum atomic E-state index is 0.705. The third-order valence-corrected chi connectivity index (χ3v) is 4.48. The molecule has 0 radical (unpaired) electrons. The van der Waals surface area contributed by atoms with Crippen molar-refractivity contribution in [1.29, 1.82) is 0 Å². The lowest BCUT2D eigenvalue weighted by Gasteiger charge is -2.11. The van der Waals surface area contributed by atoms with Gasteiger partial charge < -0.3 is 0 Å². The van der Waals surface area contributed by atoms with Gasteiger partial charge in [-0.25, -0.2) is 15.0 Å². The standard InChI is InChI=1S/C21H13N3/c1-2-6-16-14(5-1)9-10-15-11-19(21-23-12-22-13-24-21)17-7-3-4-8-18(17)20(15)16/h1-13H. The summed E-state index contributed by atoms with van der Waals surface area (Å²) in [6.45, 7) is 0. The molecule has 5 rings (SSSR count). The summed E-state index contributed by atoms with van der Waals surface area (Å²) in [5, 5.41) is 7.38. The number of fused-ring (bicyclic) bond motifs is 5. The highest BCUT2D eigenvalue weighted by atomic mass is 15.0. The zero-order chi connectivity index (χ0) is 15.9. The van der Waals surface area contributed by atoms with Crippen LogP contribution in [0, 0.1) is 0 Å². The van der Waals surface area contributed by atoms with Crippen molar-refractivity contribution in [3.05, 3.63) is 79.4 Å². The van der Waals surface area contributed by atoms with Crippen LogP contribution in [0.3, 0.4) is 0 Å². The van der Waals surface area contributed by atoms with E-state index in [-0.39, 0.29) is 0 Å². The average Bonchev–Trinajstić information content (AvgIpc) is 2.67. The highest BCUT2D eigenvalue weighted by molar-refractivity contribution is 6.22. The van der Waals surface area contributed by atoms with Crippen molar-refractivity contribution in [2.75, 3.05) is 0 Å². The third kappa shape index (κ3) is 1.88. The van der Waals surface area contributed by atoms with E-state index in [0.29, 0.717) is 5.82 Å². The highest BCUT2D eigenvalue weighted by Gasteiger charge is 2.12. The van der Waals surface area contributed by atoms with E-state index < -0.39 is 0 Å². The van der Waals surface area contributed by atoms with Crippen LogP contribution in [0.5, 0.6) is 0 Å². The molecule has 4 aromatic carbocycles. The molecular weight excluding hydrogens is 294 g/mol. The summed E-state index contributed by atoms with van der Waals surface area (Å²) in [4.78, 5) is 12.6. The van der Waals surface area contributed by atoms with Crippen molar-refractivity contribution < 1.29 is 0 Å². The van der Waals surface area contributed by atoms with Gasteiger partial charge >= 0.3 is 0 Å². The normalized spacial score (nSPS) is 11.3. The number of aromatic nitrogens is 3. The number of benzene rings is 4. The molecule has 5 aromatic rings. The molecule has 0 saturated carbocycles. The minimum absolute atomic E-state index is 0.705. The lowest BCUT2D eigenvalue weighted by atomic mass is 9.93. The molecule has 3 nitrogen and oxygen atoms in total. The third-order valence-electron chi connectivity index (χ3n) is 4.48. The fourth-order valence-electron chi connectivity index (χ4n) is 3.44. The van der Waals surface area contributed by atoms with Crippen LogP contribution >= 0.6 is 0 Å². The molecule has 0 aliphatic heterocycles. The first-order chi connectivity index (χ1) is 11.9. The Hall–Kier alpha value is -3.33. The molecule has 24 heavy (non-hydrogen) atoms. The molecule has 0 fully saturated rings. The molecule has 0 bridgehead atoms. The zero-order valence-corrected chi connectivity index (χ0v) is 12.8. The molecule has 0 saturated heterocycles. The maximum atomic E-state index is 4.35. The lowest BCUT2D eigenvalue weighted by Crippen LogP contribution is -1.91. The fraction of sp³-hybridized carbons (Fsp3) is 0. The first-order valence-electron chi connectivity index (χ1n) is 7.87. The van der Waals surface area contributed by atoms with Gasteiger partial charge in [0.2, 0.25) is 0 Å². The maximum Gasteiger partial charge on any atom is 0.163 e. The van der Waals surface area contributed by atoms with Crippen molar-refractivity contribution in [1.82, 2.24) is 15.0 Å². The molecule has 0 unspecified atom stereocenters. The van der Waals surface area contributed by atoms with E-state index in [1.807, 2.05) is 0 Å². The van der Waals surface area contributed by atoms with Crippen LogP contribution in [0.25, 0.3) is 43.7 Å². The molecule has 0 amide bonds. The number of hydrogen-bond donors (Lipinski definition) is 0. The lowest BCUT2D eigenvalue weighted by molar-refractivity contribution is 1.06. The quantitative estimate of drug-likeness (QED) is 0.409. The summed E-state index contributed by atoms with van der Waals surface area (Å²) in [6.07, 6.45) is 3.09. The molecule has 0 spiro atoms. The van der Waals surface area contributed by atoms with Gasteiger partial charge in [0.15, 0.2) is 5.82 Å². The van der Waals surface area contributed by atoms with Crippen molar-refractivity contribution >= 4 is 32.3 Å². The Morgan fingerprint density at radius 2 is 1.25 bits per heavy atom. The number of hydrogen-bond acceptors (Lipinski definition) is 3. The highest BCUT2D eigenvalue weighted by Crippen LogP contribution is 2.36. The SMILES string of the molecule is c1ccc2c(c1)ccc1cc(-c3ncncn3)c3ccccc3c12. The summed E-state index contributed by atoms with van der Waals surface area (Å²) in [5.41, 5.74) is 1.04. The van der Waals surface area contributed by atoms with Crippen LogP contribution in [0.4, 0.5) is 0 Å². The summed E-state index contributed by atoms with van der Waals surface area (Å²) < 4.78 is 0. The average molecular weight is 307 g/mol. The van der Waals surface area contributed by atoms with E-state index in [1.165, 1.54) is 26.9 Å². The Kier molecular flexibility index (Phi) is 2.79. The second-order valence-corrected chi connectivity index (χ2v) is 5.82. The molecule has 3 heteroatoms. The van der Waals surface area contributed by atoms with Crippen LogP contribution in [0.2, 0.25) is 0 Å². The van der Waals surface area contributed by atoms with Gasteiger partial charge in [-0.2, -0.15) is 0 Å². The molecular formula is C21H13N3. The van der Waals surface area contributed by atoms with E-state index in [9.17, 15) is 0 Å². The Morgan fingerprint density at radius 3 is 2.08 bits per heavy atom. The van der Waals surface area contributed by atoms with Gasteiger partial charge in [0.25, 0.3) is 0 Å². The maximum absolute atomic E-state index is 4.35. The van der Waals surface area contributed by atoms with Crippen molar-refractivity contribution in [3.63, 3.8) is 0 Å². The molecule has 1 aromatic heterocycles. The Morgan fingerprint density at radius 1 is 0.583 bits per heavy atom. The van der Waals surface area contributed by atoms with E-state index in [0.717, 1.165) is 10.9 Å². The summed E-state index contributed by atoms with van der Waals surface area (Å²) in [6, 6.07) is 23.5. The molecule has 0 atom stereocenters. The van der Waals surface area contributed by atoms with Crippen molar-refractivity contribution in [2.45, 2.75) is 0 Å². The first kappa shape index (κ1) is 13.1. The smallest absolute Gasteiger partial charge is 0.163 e. The van der Waals surface area contributed by atoms with Gasteiger partial charge in [-0.1, -0.05) is 60.7 Å². The molecule has 0 N–H and O–H groups in total. The largest absolute Gasteiger partial charge is 0.225 e. The van der Waals surface area contributed by atoms with Gasteiger partial charge in [-0.3, -0.25) is 0 Å². The second kappa shape index (κ2) is 5.10. The van der Waals surface area contributed by atoms with E-state index in [4.69, 9.17) is 0 Å². The van der Waals surface area contributed by atoms with Gasteiger partial charge in [0.05, 0.1) is 0 Å². The Balaban J connectivity index is 2.02. The fourth-order valence-corrected chi connectivity index (χ4v) is 3.44. The van der Waals surface area contributed by atoms with Crippen LogP contribution in [0.15, 0.2) is 79.4 Å². The second-order valence-electron chi connectivity index (χ2n) is 5.82. The topological polar surface area (TPSA) is 38.7 Å². The zero-order valence-electron chi connectivity index (χ0n) is 12.8. The Bertz CT molecular complexity index is 1200. The van der Waals surface area contributed by atoms with Gasteiger partial charge in [-0.05, 0) is 38.4 Å². The summed E-state index contributed by atoms with van der Waals surface area (Å²) >= 11 is 0. The molecule has 0 aliphatic rings. The van der Waals surface area contributed by atoms with Crippen LogP contribution < -0.4 is 0 Å². The predicted octanol–water partition coefficient (Wildman–Crippen LogP) is 5.00. The molecule has 1 heterocycles. The van der Waals surface area contributed by atoms with Gasteiger partial charge in [0.1, 0.15) is 12.7 Å². The molecule has 0 aliphatic carbocycles. The van der Waals surface area contributed by atoms with E-state index in [2.05, 4.69) is 81.7 Å². The predicted molar refractivity (Wildman–Crippen MR) is 97.8 cm³/mol. The van der Waals surface area contributed by atoms with Crippen LogP contribution in [-0.4, -0.2) is 15.0 Å². The van der Waals surface area contributed by atoms with E-state index >= 15 is 0 Å². The van der Waals surface area contributed by atoms with Crippen molar-refractivity contribution in [2.24, 2.45) is 0 Å². The van der Waals surface area contributed by atoms with Crippen LogP contribution in [-0.2, 0) is 0 Å². The summed E-state index contributed by atoms with van der Waals surface area (Å²) in [5.74, 6) is 0.705. The number of nitrogens with zero attached hydrogens (tertiary/aromatic N) is 3. The van der Waals surface area contributed by atoms with Crippen LogP contribution in [0.1, 0.15) is 0 Å².